The Balaban J connectivity index is 1.83. The highest BCUT2D eigenvalue weighted by Crippen LogP contribution is 2.66. The normalized spacial score (nSPS) is 42.7. The summed E-state index contributed by atoms with van der Waals surface area (Å²) in [6, 6.07) is 0. The Bertz CT molecular complexity index is 876. The molecule has 3 fully saturated rings. The van der Waals surface area contributed by atoms with Crippen LogP contribution in [0.5, 0.6) is 0 Å². The van der Waals surface area contributed by atoms with E-state index in [2.05, 4.69) is 6.92 Å². The predicted octanol–water partition coefficient (Wildman–Crippen LogP) is 3.39. The monoisotopic (exact) mass is 446 g/mol. The Kier molecular flexibility index (Phi) is 5.74. The first kappa shape index (κ1) is 23.0. The molecule has 7 heteroatoms. The molecule has 4 aliphatic rings. The fourth-order valence-corrected chi connectivity index (χ4v) is 7.53. The van der Waals surface area contributed by atoms with Crippen molar-refractivity contribution in [2.24, 2.45) is 34.5 Å². The van der Waals surface area contributed by atoms with Gasteiger partial charge < -0.3 is 14.2 Å². The molecule has 0 heterocycles. The van der Waals surface area contributed by atoms with Crippen molar-refractivity contribution in [3.05, 3.63) is 11.6 Å². The summed E-state index contributed by atoms with van der Waals surface area (Å²) in [6.07, 6.45) is 5.10. The second-order valence-corrected chi connectivity index (χ2v) is 10.6. The lowest BCUT2D eigenvalue weighted by Crippen LogP contribution is -2.60. The van der Waals surface area contributed by atoms with Crippen LogP contribution in [-0.4, -0.2) is 43.0 Å². The van der Waals surface area contributed by atoms with E-state index < -0.39 is 17.4 Å². The number of carbonyl (C=O) groups excluding carboxylic acids is 4. The van der Waals surface area contributed by atoms with Gasteiger partial charge in [-0.15, -0.1) is 0 Å². The lowest BCUT2D eigenvalue weighted by molar-refractivity contribution is -0.183. The van der Waals surface area contributed by atoms with Crippen molar-refractivity contribution in [1.29, 1.82) is 0 Å². The molecule has 0 aromatic rings. The third-order valence-electron chi connectivity index (χ3n) is 8.86. The minimum absolute atomic E-state index is 0.0386. The summed E-state index contributed by atoms with van der Waals surface area (Å²) < 4.78 is 16.6. The summed E-state index contributed by atoms with van der Waals surface area (Å²) >= 11 is 0. The van der Waals surface area contributed by atoms with E-state index in [4.69, 9.17) is 14.2 Å². The van der Waals surface area contributed by atoms with Gasteiger partial charge in [0, 0.05) is 38.0 Å². The number of hydrogen-bond acceptors (Lipinski definition) is 7. The number of Topliss-reactive ketones (excluding diaryl/α,β-unsaturated/α-hetero) is 1. The van der Waals surface area contributed by atoms with Crippen LogP contribution in [-0.2, 0) is 33.4 Å². The Hall–Kier alpha value is -2.18. The molecule has 0 radical (unpaired) electrons. The van der Waals surface area contributed by atoms with Gasteiger partial charge >= 0.3 is 17.9 Å². The molecular formula is C25H34O7. The fourth-order valence-electron chi connectivity index (χ4n) is 7.53. The van der Waals surface area contributed by atoms with E-state index in [1.54, 1.807) is 0 Å². The topological polar surface area (TPSA) is 96.0 Å². The molecule has 0 saturated heterocycles. The number of esters is 3. The van der Waals surface area contributed by atoms with Crippen LogP contribution >= 0.6 is 0 Å². The average molecular weight is 447 g/mol. The van der Waals surface area contributed by atoms with Gasteiger partial charge in [-0.05, 0) is 42.9 Å². The van der Waals surface area contributed by atoms with Gasteiger partial charge in [-0.3, -0.25) is 19.2 Å². The van der Waals surface area contributed by atoms with Crippen molar-refractivity contribution in [2.45, 2.75) is 78.4 Å². The van der Waals surface area contributed by atoms with Crippen molar-refractivity contribution >= 4 is 23.7 Å². The van der Waals surface area contributed by atoms with Crippen molar-refractivity contribution in [3.63, 3.8) is 0 Å². The Morgan fingerprint density at radius 1 is 1.03 bits per heavy atom. The zero-order chi connectivity index (χ0) is 23.4. The Morgan fingerprint density at radius 3 is 2.34 bits per heavy atom. The Labute approximate surface area is 189 Å². The maximum Gasteiger partial charge on any atom is 0.312 e. The van der Waals surface area contributed by atoms with Crippen LogP contribution < -0.4 is 0 Å². The van der Waals surface area contributed by atoms with Gasteiger partial charge in [-0.2, -0.15) is 0 Å². The Morgan fingerprint density at radius 2 is 1.72 bits per heavy atom. The van der Waals surface area contributed by atoms with Crippen LogP contribution in [0.4, 0.5) is 0 Å². The first-order valence-corrected chi connectivity index (χ1v) is 11.7. The zero-order valence-corrected chi connectivity index (χ0v) is 19.6. The van der Waals surface area contributed by atoms with Crippen LogP contribution in [0.15, 0.2) is 11.6 Å². The molecule has 0 bridgehead atoms. The molecule has 8 atom stereocenters. The molecular weight excluding hydrogens is 412 g/mol. The molecule has 0 amide bonds. The zero-order valence-electron chi connectivity index (χ0n) is 19.6. The maximum atomic E-state index is 13.0. The van der Waals surface area contributed by atoms with Crippen molar-refractivity contribution in [1.82, 2.24) is 0 Å². The van der Waals surface area contributed by atoms with E-state index in [0.717, 1.165) is 18.4 Å². The molecule has 4 rings (SSSR count). The number of carbonyl (C=O) groups is 4. The highest BCUT2D eigenvalue weighted by atomic mass is 16.5. The van der Waals surface area contributed by atoms with Crippen LogP contribution in [0.1, 0.15) is 66.2 Å². The van der Waals surface area contributed by atoms with Crippen molar-refractivity contribution < 1.29 is 33.4 Å². The molecule has 0 aliphatic heterocycles. The summed E-state index contributed by atoms with van der Waals surface area (Å²) in [5, 5.41) is 0. The molecule has 0 aromatic carbocycles. The van der Waals surface area contributed by atoms with E-state index in [1.165, 1.54) is 21.0 Å². The van der Waals surface area contributed by atoms with Gasteiger partial charge in [0.15, 0.2) is 0 Å². The first-order valence-electron chi connectivity index (χ1n) is 11.7. The van der Waals surface area contributed by atoms with E-state index in [9.17, 15) is 19.2 Å². The average Bonchev–Trinajstić information content (AvgIpc) is 3.00. The summed E-state index contributed by atoms with van der Waals surface area (Å²) in [5.41, 5.74) is 0.153. The number of fused-ring (bicyclic) bond motifs is 5. The summed E-state index contributed by atoms with van der Waals surface area (Å²) in [6.45, 7) is 6.97. The van der Waals surface area contributed by atoms with Crippen LogP contribution in [0, 0.1) is 34.5 Å². The summed E-state index contributed by atoms with van der Waals surface area (Å²) in [4.78, 5) is 49.6. The second-order valence-electron chi connectivity index (χ2n) is 10.6. The SMILES string of the molecule is COC(=O)[C@@H]1C=C2C[C@@H](OC(C)=O)CC[C@]2(C)[C@@H]2[C@@H]1C1CCC(=O)[C@@]1(C)C[C@H]2OC(C)=O. The quantitative estimate of drug-likeness (QED) is 0.372. The minimum Gasteiger partial charge on any atom is -0.469 e. The van der Waals surface area contributed by atoms with Gasteiger partial charge in [0.1, 0.15) is 18.0 Å². The standard InChI is InChI=1S/C25H34O7/c1-13(26)31-16-8-9-24(3)15(10-16)11-17(23(29)30-5)21-18-6-7-20(28)25(18,4)12-19(22(21)24)32-14(2)27/h11,16-19,21-22H,6-10,12H2,1-5H3/t16-,17+,18?,19+,21-,22-,24-,25-/m0/s1. The lowest BCUT2D eigenvalue weighted by atomic mass is 9.45. The van der Waals surface area contributed by atoms with Gasteiger partial charge in [-0.1, -0.05) is 25.5 Å². The second kappa shape index (κ2) is 7.99. The third-order valence-corrected chi connectivity index (χ3v) is 8.86. The molecule has 0 aromatic heterocycles. The van der Waals surface area contributed by atoms with Gasteiger partial charge in [0.25, 0.3) is 0 Å². The summed E-state index contributed by atoms with van der Waals surface area (Å²) in [7, 11) is 1.39. The van der Waals surface area contributed by atoms with Crippen LogP contribution in [0.3, 0.4) is 0 Å². The highest BCUT2D eigenvalue weighted by Gasteiger charge is 2.65. The van der Waals surface area contributed by atoms with Gasteiger partial charge in [0.2, 0.25) is 0 Å². The highest BCUT2D eigenvalue weighted by molar-refractivity contribution is 5.88. The largest absolute Gasteiger partial charge is 0.469 e. The number of hydrogen-bond donors (Lipinski definition) is 0. The predicted molar refractivity (Wildman–Crippen MR) is 114 cm³/mol. The van der Waals surface area contributed by atoms with Crippen LogP contribution in [0.25, 0.3) is 0 Å². The molecule has 1 unspecified atom stereocenters. The molecule has 3 saturated carbocycles. The van der Waals surface area contributed by atoms with E-state index in [1.807, 2.05) is 13.0 Å². The summed E-state index contributed by atoms with van der Waals surface area (Å²) in [5.74, 6) is -1.53. The number of ketones is 1. The van der Waals surface area contributed by atoms with Gasteiger partial charge in [0.05, 0.1) is 13.0 Å². The van der Waals surface area contributed by atoms with Crippen LogP contribution in [0.2, 0.25) is 0 Å². The molecule has 7 nitrogen and oxygen atoms in total. The first-order chi connectivity index (χ1) is 15.0. The fraction of sp³-hybridized carbons (Fsp3) is 0.760. The molecule has 176 valence electrons. The van der Waals surface area contributed by atoms with E-state index in [0.29, 0.717) is 25.7 Å². The number of methoxy groups -OCH3 is 1. The van der Waals surface area contributed by atoms with E-state index in [-0.39, 0.29) is 53.0 Å². The smallest absolute Gasteiger partial charge is 0.312 e. The van der Waals surface area contributed by atoms with Crippen molar-refractivity contribution in [2.75, 3.05) is 7.11 Å². The van der Waals surface area contributed by atoms with E-state index >= 15 is 0 Å². The lowest BCUT2D eigenvalue weighted by Gasteiger charge is -2.60. The molecule has 0 spiro atoms. The number of rotatable bonds is 3. The number of ether oxygens (including phenoxy) is 3. The van der Waals surface area contributed by atoms with Gasteiger partial charge in [-0.25, -0.2) is 0 Å². The third kappa shape index (κ3) is 3.48. The molecule has 32 heavy (non-hydrogen) atoms. The molecule has 0 N–H and O–H groups in total. The van der Waals surface area contributed by atoms with Crippen molar-refractivity contribution in [3.8, 4) is 0 Å². The minimum atomic E-state index is -0.607. The maximum absolute atomic E-state index is 13.0. The molecule has 4 aliphatic carbocycles.